The summed E-state index contributed by atoms with van der Waals surface area (Å²) in [5.41, 5.74) is 7.54. The van der Waals surface area contributed by atoms with Gasteiger partial charge in [0.15, 0.2) is 0 Å². The summed E-state index contributed by atoms with van der Waals surface area (Å²) >= 11 is 3.45. The highest BCUT2D eigenvalue weighted by molar-refractivity contribution is 9.10. The number of piperidine rings is 1. The number of nitrogens with two attached hydrogens (primary N) is 1. The van der Waals surface area contributed by atoms with E-state index >= 15 is 0 Å². The van der Waals surface area contributed by atoms with Gasteiger partial charge in [0.25, 0.3) is 5.91 Å². The lowest BCUT2D eigenvalue weighted by Crippen LogP contribution is -2.40. The molecule has 1 aliphatic rings. The van der Waals surface area contributed by atoms with Crippen molar-refractivity contribution >= 4 is 21.8 Å². The molecule has 0 saturated carbocycles. The van der Waals surface area contributed by atoms with Gasteiger partial charge < -0.3 is 10.6 Å². The van der Waals surface area contributed by atoms with Gasteiger partial charge in [-0.15, -0.1) is 0 Å². The summed E-state index contributed by atoms with van der Waals surface area (Å²) in [6.07, 6.45) is 2.05. The quantitative estimate of drug-likeness (QED) is 0.912. The average Bonchev–Trinajstić information content (AvgIpc) is 2.41. The standard InChI is InChI=1S/C14H19BrN2O/c1-10-8-12(2-3-13(10)15)14(18)17-6-4-11(9-16)5-7-17/h2-3,8,11H,4-7,9,16H2,1H3. The molecule has 0 aliphatic carbocycles. The number of rotatable bonds is 2. The van der Waals surface area contributed by atoms with Gasteiger partial charge in [-0.2, -0.15) is 0 Å². The van der Waals surface area contributed by atoms with E-state index in [0.717, 1.165) is 48.1 Å². The molecule has 1 heterocycles. The highest BCUT2D eigenvalue weighted by atomic mass is 79.9. The fourth-order valence-corrected chi connectivity index (χ4v) is 2.58. The Labute approximate surface area is 116 Å². The van der Waals surface area contributed by atoms with Gasteiger partial charge in [0.1, 0.15) is 0 Å². The summed E-state index contributed by atoms with van der Waals surface area (Å²) in [5.74, 6) is 0.724. The minimum absolute atomic E-state index is 0.140. The molecule has 2 N–H and O–H groups in total. The van der Waals surface area contributed by atoms with Gasteiger partial charge >= 0.3 is 0 Å². The van der Waals surface area contributed by atoms with Crippen LogP contribution in [0.1, 0.15) is 28.8 Å². The zero-order valence-electron chi connectivity index (χ0n) is 10.7. The number of nitrogens with zero attached hydrogens (tertiary/aromatic N) is 1. The van der Waals surface area contributed by atoms with Crippen molar-refractivity contribution in [2.75, 3.05) is 19.6 Å². The van der Waals surface area contributed by atoms with Crippen molar-refractivity contribution in [2.24, 2.45) is 11.7 Å². The zero-order chi connectivity index (χ0) is 13.1. The maximum Gasteiger partial charge on any atom is 0.253 e. The van der Waals surface area contributed by atoms with Crippen LogP contribution in [0.5, 0.6) is 0 Å². The van der Waals surface area contributed by atoms with E-state index in [1.807, 2.05) is 30.0 Å². The van der Waals surface area contributed by atoms with Gasteiger partial charge in [-0.25, -0.2) is 0 Å². The number of halogens is 1. The molecule has 1 aromatic carbocycles. The zero-order valence-corrected chi connectivity index (χ0v) is 12.2. The first-order valence-corrected chi connectivity index (χ1v) is 7.16. The molecule has 1 fully saturated rings. The fraction of sp³-hybridized carbons (Fsp3) is 0.500. The molecule has 3 nitrogen and oxygen atoms in total. The first-order valence-electron chi connectivity index (χ1n) is 6.37. The van der Waals surface area contributed by atoms with Crippen LogP contribution in [-0.4, -0.2) is 30.4 Å². The number of carbonyl (C=O) groups is 1. The first-order chi connectivity index (χ1) is 8.61. The lowest BCUT2D eigenvalue weighted by Gasteiger charge is -2.31. The van der Waals surface area contributed by atoms with Crippen LogP contribution in [0.2, 0.25) is 0 Å². The Hall–Kier alpha value is -0.870. The Kier molecular flexibility index (Phi) is 4.40. The number of hydrogen-bond donors (Lipinski definition) is 1. The number of hydrogen-bond acceptors (Lipinski definition) is 2. The summed E-state index contributed by atoms with van der Waals surface area (Å²) < 4.78 is 1.04. The van der Waals surface area contributed by atoms with Crippen LogP contribution >= 0.6 is 15.9 Å². The van der Waals surface area contributed by atoms with Gasteiger partial charge in [0, 0.05) is 23.1 Å². The largest absolute Gasteiger partial charge is 0.339 e. The van der Waals surface area contributed by atoms with Gasteiger partial charge in [-0.05, 0) is 56.0 Å². The van der Waals surface area contributed by atoms with Crippen LogP contribution in [0, 0.1) is 12.8 Å². The minimum Gasteiger partial charge on any atom is -0.339 e. The molecule has 98 valence electrons. The lowest BCUT2D eigenvalue weighted by atomic mass is 9.96. The SMILES string of the molecule is Cc1cc(C(=O)N2CCC(CN)CC2)ccc1Br. The second-order valence-electron chi connectivity index (χ2n) is 4.94. The van der Waals surface area contributed by atoms with Crippen molar-refractivity contribution in [3.05, 3.63) is 33.8 Å². The molecule has 4 heteroatoms. The van der Waals surface area contributed by atoms with Crippen molar-refractivity contribution in [1.82, 2.24) is 4.90 Å². The number of aryl methyl sites for hydroxylation is 1. The van der Waals surface area contributed by atoms with Gasteiger partial charge in [-0.3, -0.25) is 4.79 Å². The van der Waals surface area contributed by atoms with Crippen LogP contribution in [0.3, 0.4) is 0 Å². The highest BCUT2D eigenvalue weighted by Crippen LogP contribution is 2.21. The van der Waals surface area contributed by atoms with Gasteiger partial charge in [0.2, 0.25) is 0 Å². The Morgan fingerprint density at radius 2 is 2.11 bits per heavy atom. The Balaban J connectivity index is 2.05. The van der Waals surface area contributed by atoms with Gasteiger partial charge in [-0.1, -0.05) is 15.9 Å². The predicted octanol–water partition coefficient (Wildman–Crippen LogP) is 2.57. The molecule has 0 radical (unpaired) electrons. The monoisotopic (exact) mass is 310 g/mol. The predicted molar refractivity (Wildman–Crippen MR) is 76.6 cm³/mol. The molecule has 0 spiro atoms. The van der Waals surface area contributed by atoms with Crippen molar-refractivity contribution < 1.29 is 4.79 Å². The van der Waals surface area contributed by atoms with Crippen molar-refractivity contribution in [3.8, 4) is 0 Å². The van der Waals surface area contributed by atoms with Crippen LogP contribution < -0.4 is 5.73 Å². The number of amides is 1. The van der Waals surface area contributed by atoms with E-state index in [9.17, 15) is 4.79 Å². The minimum atomic E-state index is 0.140. The summed E-state index contributed by atoms with van der Waals surface area (Å²) in [7, 11) is 0. The van der Waals surface area contributed by atoms with E-state index in [1.165, 1.54) is 0 Å². The molecule has 1 aromatic rings. The molecule has 2 rings (SSSR count). The molecule has 1 saturated heterocycles. The van der Waals surface area contributed by atoms with E-state index in [4.69, 9.17) is 5.73 Å². The van der Waals surface area contributed by atoms with Crippen molar-refractivity contribution in [3.63, 3.8) is 0 Å². The van der Waals surface area contributed by atoms with Crippen LogP contribution in [0.4, 0.5) is 0 Å². The summed E-state index contributed by atoms with van der Waals surface area (Å²) in [4.78, 5) is 14.3. The van der Waals surface area contributed by atoms with Crippen LogP contribution in [0.25, 0.3) is 0 Å². The number of likely N-dealkylation sites (tertiary alicyclic amines) is 1. The third kappa shape index (κ3) is 2.93. The van der Waals surface area contributed by atoms with E-state index in [-0.39, 0.29) is 5.91 Å². The Bertz CT molecular complexity index is 439. The average molecular weight is 311 g/mol. The third-order valence-corrected chi connectivity index (χ3v) is 4.53. The smallest absolute Gasteiger partial charge is 0.253 e. The van der Waals surface area contributed by atoms with Gasteiger partial charge in [0.05, 0.1) is 0 Å². The summed E-state index contributed by atoms with van der Waals surface area (Å²) in [5, 5.41) is 0. The Morgan fingerprint density at radius 3 is 2.67 bits per heavy atom. The third-order valence-electron chi connectivity index (χ3n) is 3.64. The fourth-order valence-electron chi connectivity index (χ4n) is 2.33. The van der Waals surface area contributed by atoms with Crippen molar-refractivity contribution in [2.45, 2.75) is 19.8 Å². The van der Waals surface area contributed by atoms with E-state index in [2.05, 4.69) is 15.9 Å². The summed E-state index contributed by atoms with van der Waals surface area (Å²) in [6.45, 7) is 4.40. The maximum atomic E-state index is 12.3. The molecule has 0 bridgehead atoms. The topological polar surface area (TPSA) is 46.3 Å². The molecule has 0 atom stereocenters. The molecular weight excluding hydrogens is 292 g/mol. The second-order valence-corrected chi connectivity index (χ2v) is 5.79. The number of carbonyl (C=O) groups excluding carboxylic acids is 1. The van der Waals surface area contributed by atoms with Crippen LogP contribution in [0.15, 0.2) is 22.7 Å². The molecule has 0 aromatic heterocycles. The summed E-state index contributed by atoms with van der Waals surface area (Å²) in [6, 6.07) is 5.77. The highest BCUT2D eigenvalue weighted by Gasteiger charge is 2.22. The van der Waals surface area contributed by atoms with Crippen molar-refractivity contribution in [1.29, 1.82) is 0 Å². The van der Waals surface area contributed by atoms with E-state index in [1.54, 1.807) is 0 Å². The molecule has 0 unspecified atom stereocenters. The maximum absolute atomic E-state index is 12.3. The normalized spacial score (nSPS) is 16.9. The number of benzene rings is 1. The molecule has 18 heavy (non-hydrogen) atoms. The molecule has 1 amide bonds. The molecular formula is C14H19BrN2O. The van der Waals surface area contributed by atoms with E-state index < -0.39 is 0 Å². The van der Waals surface area contributed by atoms with Crippen LogP contribution in [-0.2, 0) is 0 Å². The Morgan fingerprint density at radius 1 is 1.44 bits per heavy atom. The first kappa shape index (κ1) is 13.6. The lowest BCUT2D eigenvalue weighted by molar-refractivity contribution is 0.0693. The second kappa shape index (κ2) is 5.85. The molecule has 1 aliphatic heterocycles. The van der Waals surface area contributed by atoms with E-state index in [0.29, 0.717) is 5.92 Å².